The molecule has 0 unspecified atom stereocenters. The summed E-state index contributed by atoms with van der Waals surface area (Å²) in [6, 6.07) is 3.12. The van der Waals surface area contributed by atoms with Crippen LogP contribution in [0.15, 0.2) is 22.7 Å². The van der Waals surface area contributed by atoms with Crippen LogP contribution in [0, 0.1) is 41.2 Å². The van der Waals surface area contributed by atoms with E-state index in [1.807, 2.05) is 20.8 Å². The largest absolute Gasteiger partial charge is 0.461 e. The molecule has 2 rings (SSSR count). The summed E-state index contributed by atoms with van der Waals surface area (Å²) >= 11 is 11.4. The Balaban J connectivity index is 2.12. The van der Waals surface area contributed by atoms with Gasteiger partial charge in [-0.2, -0.15) is 0 Å². The highest BCUT2D eigenvalue weighted by Crippen LogP contribution is 2.60. The topological polar surface area (TPSA) is 69.4 Å². The van der Waals surface area contributed by atoms with Crippen molar-refractivity contribution in [1.82, 2.24) is 0 Å². The molecule has 1 fully saturated rings. The molecule has 0 aromatic heterocycles. The number of carbonyl (C=O) groups is 1. The maximum atomic E-state index is 12.4. The zero-order chi connectivity index (χ0) is 18.2. The van der Waals surface area contributed by atoms with Gasteiger partial charge in [0.2, 0.25) is 0 Å². The van der Waals surface area contributed by atoms with Gasteiger partial charge in [-0.05, 0) is 36.8 Å². The van der Waals surface area contributed by atoms with Crippen LogP contribution in [0.3, 0.4) is 0 Å². The molecule has 1 aromatic carbocycles. The molecule has 0 heterocycles. The zero-order valence-electron chi connectivity index (χ0n) is 13.9. The van der Waals surface area contributed by atoms with Gasteiger partial charge in [0, 0.05) is 17.2 Å². The number of hydrogen-bond acceptors (Lipinski definition) is 4. The van der Waals surface area contributed by atoms with Crippen LogP contribution in [0.25, 0.3) is 0 Å². The summed E-state index contributed by atoms with van der Waals surface area (Å²) in [5, 5.41) is 11.0. The summed E-state index contributed by atoms with van der Waals surface area (Å²) < 4.78 is 5.55. The van der Waals surface area contributed by atoms with Gasteiger partial charge in [0.1, 0.15) is 11.1 Å². The van der Waals surface area contributed by atoms with Crippen molar-refractivity contribution in [3.8, 4) is 0 Å². The molecule has 1 aliphatic rings. The second kappa shape index (κ2) is 6.73. The molecule has 0 aliphatic heterocycles. The second-order valence-electron chi connectivity index (χ2n) is 6.65. The van der Waals surface area contributed by atoms with E-state index in [0.29, 0.717) is 11.1 Å². The number of allylic oxidation sites excluding steroid dienone is 1. The average molecular weight is 372 g/mol. The van der Waals surface area contributed by atoms with Gasteiger partial charge in [-0.3, -0.25) is 14.9 Å². The van der Waals surface area contributed by atoms with Gasteiger partial charge in [-0.1, -0.05) is 43.1 Å². The molecule has 0 amide bonds. The SMILES string of the molecule is Cc1ccc([N+](=O)[O-])c(C)c1COC(=O)[C@H]1[C@@H](C=C(Cl)Cl)C1(C)C. The normalized spacial score (nSPS) is 21.1. The smallest absolute Gasteiger partial charge is 0.310 e. The zero-order valence-corrected chi connectivity index (χ0v) is 15.4. The Morgan fingerprint density at radius 3 is 2.54 bits per heavy atom. The van der Waals surface area contributed by atoms with Gasteiger partial charge in [0.15, 0.2) is 0 Å². The van der Waals surface area contributed by atoms with Gasteiger partial charge in [0.25, 0.3) is 5.69 Å². The van der Waals surface area contributed by atoms with Crippen molar-refractivity contribution >= 4 is 34.9 Å². The highest BCUT2D eigenvalue weighted by atomic mass is 35.5. The van der Waals surface area contributed by atoms with E-state index in [-0.39, 0.29) is 40.0 Å². The Morgan fingerprint density at radius 1 is 1.38 bits per heavy atom. The quantitative estimate of drug-likeness (QED) is 0.421. The van der Waals surface area contributed by atoms with Crippen molar-refractivity contribution in [3.63, 3.8) is 0 Å². The molecule has 0 spiro atoms. The third kappa shape index (κ3) is 3.57. The van der Waals surface area contributed by atoms with E-state index in [4.69, 9.17) is 27.9 Å². The number of nitro benzene ring substituents is 1. The summed E-state index contributed by atoms with van der Waals surface area (Å²) in [6.07, 6.45) is 1.65. The van der Waals surface area contributed by atoms with Gasteiger partial charge in [-0.25, -0.2) is 0 Å². The lowest BCUT2D eigenvalue weighted by Crippen LogP contribution is -2.12. The lowest BCUT2D eigenvalue weighted by atomic mass is 10.0. The van der Waals surface area contributed by atoms with Crippen LogP contribution in [-0.4, -0.2) is 10.9 Å². The third-order valence-electron chi connectivity index (χ3n) is 4.83. The molecule has 1 aliphatic carbocycles. The van der Waals surface area contributed by atoms with E-state index in [0.717, 1.165) is 5.56 Å². The Morgan fingerprint density at radius 2 is 2.00 bits per heavy atom. The minimum absolute atomic E-state index is 0.00972. The van der Waals surface area contributed by atoms with Gasteiger partial charge in [-0.15, -0.1) is 0 Å². The molecule has 0 saturated heterocycles. The van der Waals surface area contributed by atoms with Crippen molar-refractivity contribution in [2.24, 2.45) is 17.3 Å². The van der Waals surface area contributed by atoms with E-state index in [9.17, 15) is 14.9 Å². The molecular weight excluding hydrogens is 353 g/mol. The van der Waals surface area contributed by atoms with Crippen LogP contribution in [0.1, 0.15) is 30.5 Å². The highest BCUT2D eigenvalue weighted by Gasteiger charge is 2.61. The van der Waals surface area contributed by atoms with E-state index >= 15 is 0 Å². The van der Waals surface area contributed by atoms with Crippen LogP contribution in [-0.2, 0) is 16.1 Å². The molecule has 5 nitrogen and oxygen atoms in total. The highest BCUT2D eigenvalue weighted by molar-refractivity contribution is 6.55. The lowest BCUT2D eigenvalue weighted by molar-refractivity contribution is -0.385. The number of aryl methyl sites for hydroxylation is 1. The summed E-state index contributed by atoms with van der Waals surface area (Å²) in [4.78, 5) is 23.0. The maximum Gasteiger partial charge on any atom is 0.310 e. The third-order valence-corrected chi connectivity index (χ3v) is 5.08. The number of esters is 1. The molecular formula is C17H19Cl2NO4. The maximum absolute atomic E-state index is 12.4. The monoisotopic (exact) mass is 371 g/mol. The Kier molecular flexibility index (Phi) is 5.25. The summed E-state index contributed by atoms with van der Waals surface area (Å²) in [7, 11) is 0. The minimum atomic E-state index is -0.437. The summed E-state index contributed by atoms with van der Waals surface area (Å²) in [5.74, 6) is -0.729. The second-order valence-corrected chi connectivity index (χ2v) is 7.66. The first-order valence-electron chi connectivity index (χ1n) is 7.50. The predicted octanol–water partition coefficient (Wildman–Crippen LogP) is 4.85. The molecule has 130 valence electrons. The first-order valence-corrected chi connectivity index (χ1v) is 8.26. The number of nitrogens with zero attached hydrogens (tertiary/aromatic N) is 1. The van der Waals surface area contributed by atoms with Gasteiger partial charge < -0.3 is 4.74 Å². The summed E-state index contributed by atoms with van der Waals surface area (Å²) in [6.45, 7) is 7.39. The number of rotatable bonds is 5. The lowest BCUT2D eigenvalue weighted by Gasteiger charge is -2.11. The fraction of sp³-hybridized carbons (Fsp3) is 0.471. The van der Waals surface area contributed by atoms with Crippen LogP contribution < -0.4 is 0 Å². The first-order chi connectivity index (χ1) is 11.1. The molecule has 24 heavy (non-hydrogen) atoms. The van der Waals surface area contributed by atoms with Crippen LogP contribution >= 0.6 is 23.2 Å². The first kappa shape index (κ1) is 18.7. The number of halogens is 2. The molecule has 0 N–H and O–H groups in total. The Bertz CT molecular complexity index is 724. The number of carbonyl (C=O) groups excluding carboxylic acids is 1. The van der Waals surface area contributed by atoms with E-state index < -0.39 is 4.92 Å². The fourth-order valence-electron chi connectivity index (χ4n) is 3.11. The molecule has 1 aromatic rings. The van der Waals surface area contributed by atoms with Crippen LogP contribution in [0.2, 0.25) is 0 Å². The van der Waals surface area contributed by atoms with Crippen molar-refractivity contribution in [2.45, 2.75) is 34.3 Å². The van der Waals surface area contributed by atoms with E-state index in [1.54, 1.807) is 19.1 Å². The number of hydrogen-bond donors (Lipinski definition) is 0. The van der Waals surface area contributed by atoms with Gasteiger partial charge in [0.05, 0.1) is 10.8 Å². The minimum Gasteiger partial charge on any atom is -0.461 e. The molecule has 1 saturated carbocycles. The number of ether oxygens (including phenoxy) is 1. The Labute approximate surface area is 150 Å². The van der Waals surface area contributed by atoms with Crippen molar-refractivity contribution < 1.29 is 14.5 Å². The number of nitro groups is 1. The molecule has 0 bridgehead atoms. The van der Waals surface area contributed by atoms with Crippen LogP contribution in [0.4, 0.5) is 5.69 Å². The van der Waals surface area contributed by atoms with Crippen molar-refractivity contribution in [3.05, 3.63) is 49.5 Å². The summed E-state index contributed by atoms with van der Waals surface area (Å²) in [5.41, 5.74) is 1.79. The fourth-order valence-corrected chi connectivity index (χ4v) is 3.38. The predicted molar refractivity (Wildman–Crippen MR) is 92.9 cm³/mol. The van der Waals surface area contributed by atoms with Crippen molar-refractivity contribution in [2.75, 3.05) is 0 Å². The van der Waals surface area contributed by atoms with Crippen LogP contribution in [0.5, 0.6) is 0 Å². The molecule has 0 radical (unpaired) electrons. The van der Waals surface area contributed by atoms with Gasteiger partial charge >= 0.3 is 5.97 Å². The molecule has 2 atom stereocenters. The standard InChI is InChI=1S/C17H19Cl2NO4/c1-9-5-6-13(20(22)23)10(2)11(9)8-24-16(21)15-12(7-14(18)19)17(15,3)4/h5-7,12,15H,8H2,1-4H3/t12-,15-/m1/s1. The van der Waals surface area contributed by atoms with E-state index in [1.165, 1.54) is 6.07 Å². The average Bonchev–Trinajstić information content (AvgIpc) is 2.98. The van der Waals surface area contributed by atoms with Crippen molar-refractivity contribution in [1.29, 1.82) is 0 Å². The molecule has 7 heteroatoms. The Hall–Kier alpha value is -1.59. The number of benzene rings is 1. The van der Waals surface area contributed by atoms with E-state index in [2.05, 4.69) is 0 Å².